The second-order valence-electron chi connectivity index (χ2n) is 6.67. The molecule has 0 radical (unpaired) electrons. The Bertz CT molecular complexity index is 707. The number of carbonyl (C=O) groups excluding carboxylic acids is 1. The first-order valence-electron chi connectivity index (χ1n) is 8.45. The molecule has 6 heteroatoms. The van der Waals surface area contributed by atoms with Crippen LogP contribution >= 0.6 is 0 Å². The number of nitrogens with zero attached hydrogens (tertiary/aromatic N) is 2. The van der Waals surface area contributed by atoms with Gasteiger partial charge in [0, 0.05) is 23.6 Å². The molecule has 24 heavy (non-hydrogen) atoms. The lowest BCUT2D eigenvalue weighted by Crippen LogP contribution is -2.28. The van der Waals surface area contributed by atoms with Crippen LogP contribution in [0, 0.1) is 5.92 Å². The standard InChI is InChI=1S/C18H23N3O3/c1-11(2)15(22)8-9-19-17(23)14-5-3-4-13(10-14)16-20-18(24-21-16)12-6-7-12/h3-5,10-12,15,22H,6-9H2,1-2H3,(H,19,23). The normalized spacial score (nSPS) is 15.5. The number of hydrogen-bond acceptors (Lipinski definition) is 5. The van der Waals surface area contributed by atoms with Gasteiger partial charge in [0.25, 0.3) is 5.91 Å². The predicted octanol–water partition coefficient (Wildman–Crippen LogP) is 2.75. The number of benzene rings is 1. The molecule has 128 valence electrons. The van der Waals surface area contributed by atoms with E-state index >= 15 is 0 Å². The maximum atomic E-state index is 12.2. The van der Waals surface area contributed by atoms with Crippen LogP contribution in [0.25, 0.3) is 11.4 Å². The lowest BCUT2D eigenvalue weighted by molar-refractivity contribution is 0.0920. The van der Waals surface area contributed by atoms with Gasteiger partial charge >= 0.3 is 0 Å². The second kappa shape index (κ2) is 7.13. The van der Waals surface area contributed by atoms with E-state index < -0.39 is 6.10 Å². The van der Waals surface area contributed by atoms with Crippen molar-refractivity contribution in [3.05, 3.63) is 35.7 Å². The molecule has 2 aromatic rings. The number of nitrogens with one attached hydrogen (secondary N) is 1. The fraction of sp³-hybridized carbons (Fsp3) is 0.500. The minimum atomic E-state index is -0.406. The van der Waals surface area contributed by atoms with Crippen LogP contribution in [0.15, 0.2) is 28.8 Å². The van der Waals surface area contributed by atoms with Crippen molar-refractivity contribution in [3.63, 3.8) is 0 Å². The van der Waals surface area contributed by atoms with Crippen LogP contribution in [0.3, 0.4) is 0 Å². The van der Waals surface area contributed by atoms with Gasteiger partial charge in [-0.15, -0.1) is 0 Å². The first-order chi connectivity index (χ1) is 11.5. The highest BCUT2D eigenvalue weighted by atomic mass is 16.5. The molecule has 1 unspecified atom stereocenters. The lowest BCUT2D eigenvalue weighted by atomic mass is 10.0. The summed E-state index contributed by atoms with van der Waals surface area (Å²) in [5, 5.41) is 16.6. The smallest absolute Gasteiger partial charge is 0.251 e. The van der Waals surface area contributed by atoms with Crippen molar-refractivity contribution < 1.29 is 14.4 Å². The predicted molar refractivity (Wildman–Crippen MR) is 89.5 cm³/mol. The van der Waals surface area contributed by atoms with E-state index in [-0.39, 0.29) is 11.8 Å². The van der Waals surface area contributed by atoms with Crippen LogP contribution in [-0.2, 0) is 0 Å². The summed E-state index contributed by atoms with van der Waals surface area (Å²) in [4.78, 5) is 16.7. The number of carbonyl (C=O) groups is 1. The van der Waals surface area contributed by atoms with Gasteiger partial charge in [0.1, 0.15) is 0 Å². The third kappa shape index (κ3) is 4.00. The summed E-state index contributed by atoms with van der Waals surface area (Å²) in [7, 11) is 0. The molecule has 1 aromatic carbocycles. The van der Waals surface area contributed by atoms with Crippen molar-refractivity contribution in [1.82, 2.24) is 15.5 Å². The van der Waals surface area contributed by atoms with Crippen LogP contribution in [0.1, 0.15) is 55.3 Å². The Morgan fingerprint density at radius 2 is 2.21 bits per heavy atom. The lowest BCUT2D eigenvalue weighted by Gasteiger charge is -2.14. The highest BCUT2D eigenvalue weighted by Gasteiger charge is 2.29. The third-order valence-corrected chi connectivity index (χ3v) is 4.25. The molecule has 1 heterocycles. The van der Waals surface area contributed by atoms with Gasteiger partial charge in [0.05, 0.1) is 6.10 Å². The molecule has 1 saturated carbocycles. The largest absolute Gasteiger partial charge is 0.393 e. The molecule has 1 aliphatic rings. The summed E-state index contributed by atoms with van der Waals surface area (Å²) in [5.41, 5.74) is 1.31. The summed E-state index contributed by atoms with van der Waals surface area (Å²) in [6.07, 6.45) is 2.34. The molecule has 0 spiro atoms. The van der Waals surface area contributed by atoms with E-state index in [9.17, 15) is 9.90 Å². The molecule has 0 bridgehead atoms. The van der Waals surface area contributed by atoms with Crippen LogP contribution < -0.4 is 5.32 Å². The van der Waals surface area contributed by atoms with Crippen LogP contribution in [0.4, 0.5) is 0 Å². The Morgan fingerprint density at radius 1 is 1.42 bits per heavy atom. The van der Waals surface area contributed by atoms with Crippen molar-refractivity contribution in [2.75, 3.05) is 6.54 Å². The number of aliphatic hydroxyl groups excluding tert-OH is 1. The molecule has 6 nitrogen and oxygen atoms in total. The van der Waals surface area contributed by atoms with Crippen molar-refractivity contribution in [2.45, 2.75) is 45.1 Å². The zero-order valence-corrected chi connectivity index (χ0v) is 14.0. The van der Waals surface area contributed by atoms with E-state index in [1.54, 1.807) is 18.2 Å². The van der Waals surface area contributed by atoms with Gasteiger partial charge in [-0.3, -0.25) is 4.79 Å². The Labute approximate surface area is 141 Å². The van der Waals surface area contributed by atoms with Gasteiger partial charge in [-0.05, 0) is 37.3 Å². The SMILES string of the molecule is CC(C)C(O)CCNC(=O)c1cccc(-c2noc(C3CC3)n2)c1. The quantitative estimate of drug-likeness (QED) is 0.815. The van der Waals surface area contributed by atoms with Crippen molar-refractivity contribution in [3.8, 4) is 11.4 Å². The number of aliphatic hydroxyl groups is 1. The molecule has 1 atom stereocenters. The number of amides is 1. The van der Waals surface area contributed by atoms with Gasteiger partial charge in [-0.1, -0.05) is 31.1 Å². The number of aromatic nitrogens is 2. The first-order valence-corrected chi connectivity index (χ1v) is 8.45. The van der Waals surface area contributed by atoms with Crippen molar-refractivity contribution >= 4 is 5.91 Å². The van der Waals surface area contributed by atoms with E-state index in [1.807, 2.05) is 19.9 Å². The molecule has 1 aromatic heterocycles. The minimum Gasteiger partial charge on any atom is -0.393 e. The summed E-state index contributed by atoms with van der Waals surface area (Å²) in [5.74, 6) is 1.62. The van der Waals surface area contributed by atoms with Gasteiger partial charge in [-0.2, -0.15) is 4.98 Å². The van der Waals surface area contributed by atoms with E-state index in [0.29, 0.717) is 36.2 Å². The van der Waals surface area contributed by atoms with Crippen molar-refractivity contribution in [2.24, 2.45) is 5.92 Å². The van der Waals surface area contributed by atoms with E-state index in [1.165, 1.54) is 0 Å². The fourth-order valence-electron chi connectivity index (χ4n) is 2.42. The molecule has 0 saturated heterocycles. The van der Waals surface area contributed by atoms with E-state index in [2.05, 4.69) is 15.5 Å². The van der Waals surface area contributed by atoms with Crippen LogP contribution in [-0.4, -0.2) is 33.8 Å². The molecule has 1 aliphatic carbocycles. The Balaban J connectivity index is 1.62. The number of hydrogen-bond donors (Lipinski definition) is 2. The zero-order chi connectivity index (χ0) is 17.1. The highest BCUT2D eigenvalue weighted by molar-refractivity contribution is 5.95. The van der Waals surface area contributed by atoms with Gasteiger partial charge in [0.15, 0.2) is 0 Å². The monoisotopic (exact) mass is 329 g/mol. The summed E-state index contributed by atoms with van der Waals surface area (Å²) in [6.45, 7) is 4.35. The van der Waals surface area contributed by atoms with E-state index in [0.717, 1.165) is 18.4 Å². The molecule has 2 N–H and O–H groups in total. The molecular formula is C18H23N3O3. The first kappa shape index (κ1) is 16.6. The van der Waals surface area contributed by atoms with E-state index in [4.69, 9.17) is 4.52 Å². The van der Waals surface area contributed by atoms with Gasteiger partial charge < -0.3 is 14.9 Å². The zero-order valence-electron chi connectivity index (χ0n) is 14.0. The molecular weight excluding hydrogens is 306 g/mol. The van der Waals surface area contributed by atoms with Crippen LogP contribution in [0.2, 0.25) is 0 Å². The van der Waals surface area contributed by atoms with Gasteiger partial charge in [-0.25, -0.2) is 0 Å². The van der Waals surface area contributed by atoms with Gasteiger partial charge in [0.2, 0.25) is 11.7 Å². The fourth-order valence-corrected chi connectivity index (χ4v) is 2.42. The minimum absolute atomic E-state index is 0.168. The molecule has 1 amide bonds. The summed E-state index contributed by atoms with van der Waals surface area (Å²) < 4.78 is 5.27. The maximum absolute atomic E-state index is 12.2. The molecule has 0 aliphatic heterocycles. The highest BCUT2D eigenvalue weighted by Crippen LogP contribution is 2.39. The summed E-state index contributed by atoms with van der Waals surface area (Å²) in [6, 6.07) is 7.18. The topological polar surface area (TPSA) is 88.2 Å². The Morgan fingerprint density at radius 3 is 2.92 bits per heavy atom. The third-order valence-electron chi connectivity index (χ3n) is 4.25. The average Bonchev–Trinajstić information content (AvgIpc) is 3.31. The van der Waals surface area contributed by atoms with Crippen molar-refractivity contribution in [1.29, 1.82) is 0 Å². The molecule has 1 fully saturated rings. The Hall–Kier alpha value is -2.21. The van der Waals surface area contributed by atoms with Crippen LogP contribution in [0.5, 0.6) is 0 Å². The second-order valence-corrected chi connectivity index (χ2v) is 6.67. The maximum Gasteiger partial charge on any atom is 0.251 e. The Kier molecular flexibility index (Phi) is 4.94. The average molecular weight is 329 g/mol. The number of rotatable bonds is 7. The molecule has 3 rings (SSSR count). The summed E-state index contributed by atoms with van der Waals surface area (Å²) >= 11 is 0.